The highest BCUT2D eigenvalue weighted by Crippen LogP contribution is 2.33. The topological polar surface area (TPSA) is 48.0 Å². The average molecular weight is 488 g/mol. The van der Waals surface area contributed by atoms with Crippen molar-refractivity contribution in [3.8, 4) is 17.2 Å². The van der Waals surface area contributed by atoms with E-state index >= 15 is 0 Å². The van der Waals surface area contributed by atoms with E-state index in [9.17, 15) is 18.0 Å². The molecule has 0 aromatic heterocycles. The second-order valence-electron chi connectivity index (χ2n) is 6.86. The Kier molecular flexibility index (Phi) is 6.80. The van der Waals surface area contributed by atoms with Gasteiger partial charge < -0.3 is 19.1 Å². The summed E-state index contributed by atoms with van der Waals surface area (Å²) in [7, 11) is 3.09. The van der Waals surface area contributed by atoms with Gasteiger partial charge in [0.1, 0.15) is 17.2 Å². The van der Waals surface area contributed by atoms with Gasteiger partial charge in [-0.2, -0.15) is 13.2 Å². The van der Waals surface area contributed by atoms with Crippen LogP contribution >= 0.6 is 15.9 Å². The van der Waals surface area contributed by atoms with Gasteiger partial charge in [-0.25, -0.2) is 0 Å². The van der Waals surface area contributed by atoms with Crippen LogP contribution in [0.5, 0.6) is 17.2 Å². The van der Waals surface area contributed by atoms with Gasteiger partial charge in [-0.15, -0.1) is 0 Å². The van der Waals surface area contributed by atoms with Gasteiger partial charge in [0.2, 0.25) is 0 Å². The number of methoxy groups -OCH3 is 2. The third-order valence-corrected chi connectivity index (χ3v) is 5.40. The zero-order valence-electron chi connectivity index (χ0n) is 16.5. The number of rotatable bonds is 7. The molecule has 1 amide bonds. The van der Waals surface area contributed by atoms with Crippen molar-refractivity contribution in [3.05, 3.63) is 52.6 Å². The highest BCUT2D eigenvalue weighted by molar-refractivity contribution is 9.08. The Morgan fingerprint density at radius 2 is 1.70 bits per heavy atom. The van der Waals surface area contributed by atoms with Gasteiger partial charge in [-0.1, -0.05) is 15.9 Å². The second kappa shape index (κ2) is 9.16. The molecule has 0 unspecified atom stereocenters. The van der Waals surface area contributed by atoms with Gasteiger partial charge in [-0.05, 0) is 41.8 Å². The summed E-state index contributed by atoms with van der Waals surface area (Å²) >= 11 is 3.30. The first-order valence-corrected chi connectivity index (χ1v) is 10.3. The van der Waals surface area contributed by atoms with E-state index < -0.39 is 12.8 Å². The van der Waals surface area contributed by atoms with Crippen LogP contribution in [0.4, 0.5) is 13.2 Å². The van der Waals surface area contributed by atoms with Crippen LogP contribution in [-0.2, 0) is 18.3 Å². The van der Waals surface area contributed by atoms with Gasteiger partial charge in [0.05, 0.1) is 14.2 Å². The number of hydrogen-bond donors (Lipinski definition) is 0. The van der Waals surface area contributed by atoms with Gasteiger partial charge in [-0.3, -0.25) is 4.79 Å². The summed E-state index contributed by atoms with van der Waals surface area (Å²) < 4.78 is 53.5. The van der Waals surface area contributed by atoms with Gasteiger partial charge in [0, 0.05) is 35.6 Å². The van der Waals surface area contributed by atoms with Crippen molar-refractivity contribution >= 4 is 21.8 Å². The number of halogens is 4. The van der Waals surface area contributed by atoms with Crippen LogP contribution in [0.2, 0.25) is 0 Å². The van der Waals surface area contributed by atoms with Gasteiger partial charge in [0.25, 0.3) is 5.91 Å². The quantitative estimate of drug-likeness (QED) is 0.529. The Balaban J connectivity index is 1.88. The van der Waals surface area contributed by atoms with Crippen molar-refractivity contribution in [2.24, 2.45) is 0 Å². The predicted molar refractivity (Wildman–Crippen MR) is 109 cm³/mol. The largest absolute Gasteiger partial charge is 0.497 e. The summed E-state index contributed by atoms with van der Waals surface area (Å²) in [6.07, 6.45) is -4.05. The number of benzene rings is 2. The molecule has 0 radical (unpaired) electrons. The van der Waals surface area contributed by atoms with Crippen LogP contribution in [0.1, 0.15) is 27.0 Å². The number of fused-ring (bicyclic) bond motifs is 1. The van der Waals surface area contributed by atoms with Crippen LogP contribution in [-0.4, -0.2) is 44.4 Å². The number of carbonyl (C=O) groups excluding carboxylic acids is 1. The lowest BCUT2D eigenvalue weighted by molar-refractivity contribution is -0.153. The minimum Gasteiger partial charge on any atom is -0.497 e. The molecule has 0 aliphatic carbocycles. The molecule has 30 heavy (non-hydrogen) atoms. The number of hydrogen-bond acceptors (Lipinski definition) is 4. The lowest BCUT2D eigenvalue weighted by atomic mass is 9.95. The number of carbonyl (C=O) groups is 1. The summed E-state index contributed by atoms with van der Waals surface area (Å²) in [5.41, 5.74) is 2.37. The molecule has 162 valence electrons. The van der Waals surface area contributed by atoms with E-state index in [4.69, 9.17) is 14.2 Å². The molecule has 0 saturated heterocycles. The van der Waals surface area contributed by atoms with Crippen molar-refractivity contribution in [2.45, 2.75) is 24.5 Å². The van der Waals surface area contributed by atoms with Crippen molar-refractivity contribution in [1.29, 1.82) is 0 Å². The summed E-state index contributed by atoms with van der Waals surface area (Å²) in [4.78, 5) is 14.8. The second-order valence-corrected chi connectivity index (χ2v) is 7.42. The average Bonchev–Trinajstić information content (AvgIpc) is 2.73. The third kappa shape index (κ3) is 5.19. The highest BCUT2D eigenvalue weighted by atomic mass is 79.9. The maximum atomic E-state index is 13.1. The minimum atomic E-state index is -4.45. The summed E-state index contributed by atoms with van der Waals surface area (Å²) in [5, 5.41) is 0.392. The fourth-order valence-corrected chi connectivity index (χ4v) is 3.69. The third-order valence-electron chi connectivity index (χ3n) is 4.75. The van der Waals surface area contributed by atoms with Gasteiger partial charge in [0.15, 0.2) is 6.61 Å². The normalized spacial score (nSPS) is 13.8. The van der Waals surface area contributed by atoms with Crippen LogP contribution in [0.15, 0.2) is 30.3 Å². The maximum Gasteiger partial charge on any atom is 0.422 e. The van der Waals surface area contributed by atoms with Crippen LogP contribution < -0.4 is 14.2 Å². The van der Waals surface area contributed by atoms with E-state index in [0.717, 1.165) is 5.56 Å². The minimum absolute atomic E-state index is 0.107. The van der Waals surface area contributed by atoms with Crippen molar-refractivity contribution in [1.82, 2.24) is 4.90 Å². The van der Waals surface area contributed by atoms with E-state index in [1.54, 1.807) is 37.3 Å². The Bertz CT molecular complexity index is 911. The van der Waals surface area contributed by atoms with E-state index in [1.165, 1.54) is 0 Å². The molecule has 1 heterocycles. The zero-order valence-corrected chi connectivity index (χ0v) is 18.1. The molecule has 1 aliphatic rings. The molecule has 0 atom stereocenters. The lowest BCUT2D eigenvalue weighted by Gasteiger charge is -2.30. The first-order chi connectivity index (χ1) is 14.2. The molecular weight excluding hydrogens is 467 g/mol. The first-order valence-electron chi connectivity index (χ1n) is 9.16. The van der Waals surface area contributed by atoms with E-state index in [0.29, 0.717) is 53.0 Å². The van der Waals surface area contributed by atoms with Crippen molar-refractivity contribution < 1.29 is 32.2 Å². The number of alkyl halides is 4. The number of amides is 1. The molecule has 3 rings (SSSR count). The maximum absolute atomic E-state index is 13.1. The lowest BCUT2D eigenvalue weighted by Crippen LogP contribution is -2.37. The molecule has 2 aromatic rings. The van der Waals surface area contributed by atoms with E-state index in [1.807, 2.05) is 12.1 Å². The molecular formula is C21H21BrF3NO4. The Labute approximate surface area is 180 Å². The Hall–Kier alpha value is -2.42. The van der Waals surface area contributed by atoms with Crippen LogP contribution in [0.25, 0.3) is 0 Å². The number of nitrogens with zero attached hydrogens (tertiary/aromatic N) is 1. The van der Waals surface area contributed by atoms with Crippen LogP contribution in [0, 0.1) is 0 Å². The SMILES string of the molecule is COc1cc(CN2CCc3c(OCC(F)(F)F)cc(CBr)cc3C2=O)cc(OC)c1. The highest BCUT2D eigenvalue weighted by Gasteiger charge is 2.31. The zero-order chi connectivity index (χ0) is 21.9. The molecule has 0 fully saturated rings. The standard InChI is InChI=1S/C21H21BrF3NO4/c1-28-15-5-14(6-16(9-15)29-2)11-26-4-3-17-18(20(26)27)7-13(10-22)8-19(17)30-12-21(23,24)25/h5-9H,3-4,10-12H2,1-2H3. The van der Waals surface area contributed by atoms with Crippen molar-refractivity contribution in [3.63, 3.8) is 0 Å². The monoisotopic (exact) mass is 487 g/mol. The first kappa shape index (κ1) is 22.3. The predicted octanol–water partition coefficient (Wildman–Crippen LogP) is 4.74. The summed E-state index contributed by atoms with van der Waals surface area (Å²) in [6.45, 7) is -0.711. The smallest absolute Gasteiger partial charge is 0.422 e. The molecule has 1 aliphatic heterocycles. The fourth-order valence-electron chi connectivity index (χ4n) is 3.36. The molecule has 0 N–H and O–H groups in total. The van der Waals surface area contributed by atoms with Crippen molar-refractivity contribution in [2.75, 3.05) is 27.4 Å². The Morgan fingerprint density at radius 3 is 2.27 bits per heavy atom. The van der Waals surface area contributed by atoms with E-state index in [-0.39, 0.29) is 11.7 Å². The van der Waals surface area contributed by atoms with Crippen LogP contribution in [0.3, 0.4) is 0 Å². The molecule has 9 heteroatoms. The molecule has 5 nitrogen and oxygen atoms in total. The molecule has 0 bridgehead atoms. The molecule has 0 saturated carbocycles. The summed E-state index contributed by atoms with van der Waals surface area (Å²) in [6, 6.07) is 8.62. The molecule has 0 spiro atoms. The molecule has 2 aromatic carbocycles. The van der Waals surface area contributed by atoms with E-state index in [2.05, 4.69) is 15.9 Å². The number of ether oxygens (including phenoxy) is 3. The van der Waals surface area contributed by atoms with Gasteiger partial charge >= 0.3 is 6.18 Å². The Morgan fingerprint density at radius 1 is 1.03 bits per heavy atom. The summed E-state index contributed by atoms with van der Waals surface area (Å²) in [5.74, 6) is 1.07. The fraction of sp³-hybridized carbons (Fsp3) is 0.381.